The number of nitrogens with zero attached hydrogens (tertiary/aromatic N) is 5. The third kappa shape index (κ3) is 4.67. The highest BCUT2D eigenvalue weighted by molar-refractivity contribution is 7.99. The Morgan fingerprint density at radius 2 is 1.86 bits per heavy atom. The van der Waals surface area contributed by atoms with Crippen LogP contribution in [0.5, 0.6) is 0 Å². The first-order valence-corrected chi connectivity index (χ1v) is 10.9. The molecular weight excluding hydrogens is 382 g/mol. The average Bonchev–Trinajstić information content (AvgIpc) is 3.17. The standard InChI is InChI=1S/C22H27N5OS/c1-5-26(6-2)20(28)15-29-22-25-24-21(17-10-9-13-23-14-17)27(22)19-12-8-7-11-18(19)16(3)4/h7-14,16H,5-6,15H2,1-4H3. The van der Waals surface area contributed by atoms with E-state index in [9.17, 15) is 4.79 Å². The van der Waals surface area contributed by atoms with Gasteiger partial charge in [-0.2, -0.15) is 0 Å². The van der Waals surface area contributed by atoms with E-state index in [0.29, 0.717) is 29.9 Å². The summed E-state index contributed by atoms with van der Waals surface area (Å²) in [5, 5.41) is 9.59. The zero-order chi connectivity index (χ0) is 20.8. The molecular formula is C22H27N5OS. The molecule has 1 amide bonds. The van der Waals surface area contributed by atoms with Crippen LogP contribution in [0.25, 0.3) is 17.1 Å². The predicted molar refractivity (Wildman–Crippen MR) is 117 cm³/mol. The molecule has 0 bridgehead atoms. The van der Waals surface area contributed by atoms with Crippen molar-refractivity contribution >= 4 is 17.7 Å². The molecule has 0 N–H and O–H groups in total. The molecule has 7 heteroatoms. The first-order valence-electron chi connectivity index (χ1n) is 9.92. The topological polar surface area (TPSA) is 63.9 Å². The van der Waals surface area contributed by atoms with E-state index in [2.05, 4.69) is 41.2 Å². The molecule has 2 heterocycles. The van der Waals surface area contributed by atoms with E-state index in [0.717, 1.165) is 17.1 Å². The molecule has 0 spiro atoms. The Balaban J connectivity index is 2.05. The van der Waals surface area contributed by atoms with Crippen molar-refractivity contribution in [1.29, 1.82) is 0 Å². The third-order valence-corrected chi connectivity index (χ3v) is 5.71. The third-order valence-electron chi connectivity index (χ3n) is 4.79. The Kier molecular flexibility index (Phi) is 7.04. The fourth-order valence-corrected chi connectivity index (χ4v) is 4.08. The van der Waals surface area contributed by atoms with E-state index in [-0.39, 0.29) is 5.91 Å². The van der Waals surface area contributed by atoms with E-state index in [1.54, 1.807) is 12.4 Å². The molecule has 3 aromatic rings. The van der Waals surface area contributed by atoms with Gasteiger partial charge < -0.3 is 4.90 Å². The van der Waals surface area contributed by atoms with Crippen LogP contribution in [0.15, 0.2) is 53.9 Å². The number of carbonyl (C=O) groups is 1. The lowest BCUT2D eigenvalue weighted by Gasteiger charge is -2.19. The van der Waals surface area contributed by atoms with E-state index < -0.39 is 0 Å². The van der Waals surface area contributed by atoms with Crippen molar-refractivity contribution in [3.8, 4) is 17.1 Å². The van der Waals surface area contributed by atoms with Crippen molar-refractivity contribution in [2.75, 3.05) is 18.8 Å². The summed E-state index contributed by atoms with van der Waals surface area (Å²) in [6, 6.07) is 12.1. The molecule has 0 radical (unpaired) electrons. The van der Waals surface area contributed by atoms with Crippen LogP contribution < -0.4 is 0 Å². The fourth-order valence-electron chi connectivity index (χ4n) is 3.24. The molecule has 0 fully saturated rings. The van der Waals surface area contributed by atoms with Crippen molar-refractivity contribution in [3.63, 3.8) is 0 Å². The molecule has 152 valence electrons. The van der Waals surface area contributed by atoms with Gasteiger partial charge in [0.05, 0.1) is 11.4 Å². The number of benzene rings is 1. The van der Waals surface area contributed by atoms with Gasteiger partial charge in [0.1, 0.15) is 0 Å². The number of pyridine rings is 1. The maximum Gasteiger partial charge on any atom is 0.233 e. The fraction of sp³-hybridized carbons (Fsp3) is 0.364. The Hall–Kier alpha value is -2.67. The molecule has 0 aliphatic rings. The van der Waals surface area contributed by atoms with E-state index >= 15 is 0 Å². The Labute approximate surface area is 176 Å². The van der Waals surface area contributed by atoms with Crippen LogP contribution in [0.3, 0.4) is 0 Å². The van der Waals surface area contributed by atoms with Gasteiger partial charge in [-0.05, 0) is 43.5 Å². The Morgan fingerprint density at radius 1 is 1.10 bits per heavy atom. The number of aromatic nitrogens is 4. The largest absolute Gasteiger partial charge is 0.343 e. The van der Waals surface area contributed by atoms with Crippen LogP contribution in [0, 0.1) is 0 Å². The minimum absolute atomic E-state index is 0.106. The zero-order valence-electron chi connectivity index (χ0n) is 17.4. The van der Waals surface area contributed by atoms with Crippen LogP contribution in [0.2, 0.25) is 0 Å². The second kappa shape index (κ2) is 9.69. The van der Waals surface area contributed by atoms with Gasteiger partial charge in [0.25, 0.3) is 0 Å². The van der Waals surface area contributed by atoms with Crippen LogP contribution in [-0.4, -0.2) is 49.4 Å². The quantitative estimate of drug-likeness (QED) is 0.516. The molecule has 0 atom stereocenters. The van der Waals surface area contributed by atoms with Crippen LogP contribution in [0.4, 0.5) is 0 Å². The highest BCUT2D eigenvalue weighted by Crippen LogP contribution is 2.31. The molecule has 29 heavy (non-hydrogen) atoms. The van der Waals surface area contributed by atoms with Crippen molar-refractivity contribution in [2.45, 2.75) is 38.8 Å². The number of carbonyl (C=O) groups excluding carboxylic acids is 1. The Bertz CT molecular complexity index is 951. The lowest BCUT2D eigenvalue weighted by molar-refractivity contribution is -0.127. The van der Waals surface area contributed by atoms with Crippen LogP contribution in [-0.2, 0) is 4.79 Å². The SMILES string of the molecule is CCN(CC)C(=O)CSc1nnc(-c2cccnc2)n1-c1ccccc1C(C)C. The summed E-state index contributed by atoms with van der Waals surface area (Å²) in [6.07, 6.45) is 3.53. The number of hydrogen-bond donors (Lipinski definition) is 0. The molecule has 0 saturated carbocycles. The monoisotopic (exact) mass is 409 g/mol. The lowest BCUT2D eigenvalue weighted by Crippen LogP contribution is -2.31. The van der Waals surface area contributed by atoms with E-state index in [1.165, 1.54) is 17.3 Å². The van der Waals surface area contributed by atoms with Crippen LogP contribution in [0.1, 0.15) is 39.2 Å². The summed E-state index contributed by atoms with van der Waals surface area (Å²) in [5.41, 5.74) is 3.12. The van der Waals surface area contributed by atoms with Gasteiger partial charge in [0, 0.05) is 31.0 Å². The van der Waals surface area contributed by atoms with Gasteiger partial charge in [0.2, 0.25) is 5.91 Å². The molecule has 2 aromatic heterocycles. The summed E-state index contributed by atoms with van der Waals surface area (Å²) >= 11 is 1.42. The lowest BCUT2D eigenvalue weighted by atomic mass is 10.0. The molecule has 0 saturated heterocycles. The minimum Gasteiger partial charge on any atom is -0.343 e. The van der Waals surface area contributed by atoms with E-state index in [4.69, 9.17) is 0 Å². The number of para-hydroxylation sites is 1. The highest BCUT2D eigenvalue weighted by atomic mass is 32.2. The van der Waals surface area contributed by atoms with Crippen molar-refractivity contribution in [1.82, 2.24) is 24.6 Å². The first kappa shape index (κ1) is 21.0. The van der Waals surface area contributed by atoms with Crippen molar-refractivity contribution < 1.29 is 4.79 Å². The normalized spacial score (nSPS) is 11.1. The zero-order valence-corrected chi connectivity index (χ0v) is 18.2. The van der Waals surface area contributed by atoms with Crippen LogP contribution >= 0.6 is 11.8 Å². The van der Waals surface area contributed by atoms with Gasteiger partial charge in [0.15, 0.2) is 11.0 Å². The molecule has 0 aliphatic carbocycles. The van der Waals surface area contributed by atoms with Gasteiger partial charge in [-0.15, -0.1) is 10.2 Å². The minimum atomic E-state index is 0.106. The second-order valence-corrected chi connectivity index (χ2v) is 7.89. The first-order chi connectivity index (χ1) is 14.1. The molecule has 3 rings (SSSR count). The smallest absolute Gasteiger partial charge is 0.233 e. The van der Waals surface area contributed by atoms with E-state index in [1.807, 2.05) is 47.6 Å². The van der Waals surface area contributed by atoms with Gasteiger partial charge in [-0.3, -0.25) is 14.3 Å². The number of thioether (sulfide) groups is 1. The molecule has 0 unspecified atom stereocenters. The number of hydrogen-bond acceptors (Lipinski definition) is 5. The van der Waals surface area contributed by atoms with Crippen molar-refractivity contribution in [3.05, 3.63) is 54.4 Å². The predicted octanol–water partition coefficient (Wildman–Crippen LogP) is 4.41. The summed E-state index contributed by atoms with van der Waals surface area (Å²) in [5.74, 6) is 1.50. The van der Waals surface area contributed by atoms with Gasteiger partial charge in [-0.25, -0.2) is 0 Å². The number of rotatable bonds is 8. The molecule has 6 nitrogen and oxygen atoms in total. The molecule has 0 aliphatic heterocycles. The number of amides is 1. The maximum atomic E-state index is 12.5. The van der Waals surface area contributed by atoms with Crippen molar-refractivity contribution in [2.24, 2.45) is 0 Å². The maximum absolute atomic E-state index is 12.5. The summed E-state index contributed by atoms with van der Waals surface area (Å²) in [7, 11) is 0. The van der Waals surface area contributed by atoms with Gasteiger partial charge >= 0.3 is 0 Å². The van der Waals surface area contributed by atoms with Gasteiger partial charge in [-0.1, -0.05) is 43.8 Å². The average molecular weight is 410 g/mol. The summed E-state index contributed by atoms with van der Waals surface area (Å²) in [4.78, 5) is 18.6. The summed E-state index contributed by atoms with van der Waals surface area (Å²) < 4.78 is 2.05. The summed E-state index contributed by atoms with van der Waals surface area (Å²) in [6.45, 7) is 9.74. The molecule has 1 aromatic carbocycles. The highest BCUT2D eigenvalue weighted by Gasteiger charge is 2.21. The Morgan fingerprint density at radius 3 is 2.52 bits per heavy atom. The second-order valence-electron chi connectivity index (χ2n) is 6.95.